The number of ether oxygens (including phenoxy) is 2. The molecule has 1 aromatic heterocycles. The minimum Gasteiger partial charge on any atom is -0.497 e. The normalized spacial score (nSPS) is 10.4. The summed E-state index contributed by atoms with van der Waals surface area (Å²) >= 11 is 0. The lowest BCUT2D eigenvalue weighted by Crippen LogP contribution is -2.20. The fraction of sp³-hybridized carbons (Fsp3) is 0.0909. The molecule has 0 bridgehead atoms. The van der Waals surface area contributed by atoms with Crippen molar-refractivity contribution >= 4 is 11.6 Å². The standard InChI is InChI=1S/C22H19N5O3/c1-29-18-11-7-8-16(14-18)22-24-26-27(25-22)15-21(28)23-19-12-5-6-13-20(19)30-17-9-3-2-4-10-17/h2-14H,15H2,1H3,(H,23,28). The summed E-state index contributed by atoms with van der Waals surface area (Å²) in [5, 5.41) is 15.1. The van der Waals surface area contributed by atoms with E-state index in [0.717, 1.165) is 5.56 Å². The summed E-state index contributed by atoms with van der Waals surface area (Å²) in [7, 11) is 1.59. The lowest BCUT2D eigenvalue weighted by molar-refractivity contribution is -0.117. The number of nitrogens with one attached hydrogen (secondary N) is 1. The van der Waals surface area contributed by atoms with Gasteiger partial charge in [0, 0.05) is 5.56 Å². The van der Waals surface area contributed by atoms with E-state index in [4.69, 9.17) is 9.47 Å². The van der Waals surface area contributed by atoms with E-state index in [9.17, 15) is 4.79 Å². The molecule has 0 unspecified atom stereocenters. The molecular weight excluding hydrogens is 382 g/mol. The lowest BCUT2D eigenvalue weighted by atomic mass is 10.2. The van der Waals surface area contributed by atoms with E-state index >= 15 is 0 Å². The number of methoxy groups -OCH3 is 1. The zero-order valence-corrected chi connectivity index (χ0v) is 16.2. The molecular formula is C22H19N5O3. The third kappa shape index (κ3) is 4.61. The Labute approximate surface area is 173 Å². The van der Waals surface area contributed by atoms with E-state index in [1.54, 1.807) is 25.3 Å². The molecule has 1 N–H and O–H groups in total. The first-order chi connectivity index (χ1) is 14.7. The molecule has 0 radical (unpaired) electrons. The van der Waals surface area contributed by atoms with Gasteiger partial charge in [0.1, 0.15) is 18.0 Å². The second-order valence-electron chi connectivity index (χ2n) is 6.33. The monoisotopic (exact) mass is 401 g/mol. The number of benzene rings is 3. The molecule has 0 aliphatic heterocycles. The predicted molar refractivity (Wildman–Crippen MR) is 111 cm³/mol. The number of hydrogen-bond donors (Lipinski definition) is 1. The Morgan fingerprint density at radius 2 is 1.73 bits per heavy atom. The quantitative estimate of drug-likeness (QED) is 0.507. The van der Waals surface area contributed by atoms with Gasteiger partial charge >= 0.3 is 0 Å². The third-order valence-electron chi connectivity index (χ3n) is 4.20. The molecule has 0 saturated heterocycles. The van der Waals surface area contributed by atoms with Crippen molar-refractivity contribution in [1.82, 2.24) is 20.2 Å². The van der Waals surface area contributed by atoms with Crippen LogP contribution in [0.25, 0.3) is 11.4 Å². The highest BCUT2D eigenvalue weighted by molar-refractivity contribution is 5.92. The fourth-order valence-electron chi connectivity index (χ4n) is 2.78. The van der Waals surface area contributed by atoms with Crippen LogP contribution < -0.4 is 14.8 Å². The lowest BCUT2D eigenvalue weighted by Gasteiger charge is -2.11. The molecule has 0 saturated carbocycles. The van der Waals surface area contributed by atoms with E-state index in [-0.39, 0.29) is 12.5 Å². The number of para-hydroxylation sites is 3. The fourth-order valence-corrected chi connectivity index (χ4v) is 2.78. The summed E-state index contributed by atoms with van der Waals surface area (Å²) in [6.07, 6.45) is 0. The van der Waals surface area contributed by atoms with Crippen LogP contribution in [0, 0.1) is 0 Å². The zero-order chi connectivity index (χ0) is 20.8. The van der Waals surface area contributed by atoms with Crippen LogP contribution in [0.4, 0.5) is 5.69 Å². The summed E-state index contributed by atoms with van der Waals surface area (Å²) in [5.41, 5.74) is 1.31. The molecule has 0 fully saturated rings. The van der Waals surface area contributed by atoms with Crippen molar-refractivity contribution in [2.45, 2.75) is 6.54 Å². The highest BCUT2D eigenvalue weighted by atomic mass is 16.5. The molecule has 30 heavy (non-hydrogen) atoms. The number of anilines is 1. The molecule has 1 heterocycles. The first-order valence-electron chi connectivity index (χ1n) is 9.25. The second kappa shape index (κ2) is 8.87. The Hall–Kier alpha value is -4.20. The number of carbonyl (C=O) groups is 1. The maximum atomic E-state index is 12.5. The molecule has 4 aromatic rings. The molecule has 8 nitrogen and oxygen atoms in total. The predicted octanol–water partition coefficient (Wildman–Crippen LogP) is 3.78. The van der Waals surface area contributed by atoms with Crippen LogP contribution >= 0.6 is 0 Å². The van der Waals surface area contributed by atoms with Gasteiger partial charge in [0.2, 0.25) is 11.7 Å². The maximum absolute atomic E-state index is 12.5. The molecule has 0 spiro atoms. The summed E-state index contributed by atoms with van der Waals surface area (Å²) in [6, 6.07) is 23.9. The molecule has 8 heteroatoms. The first kappa shape index (κ1) is 19.1. The SMILES string of the molecule is COc1cccc(-c2nnn(CC(=O)Nc3ccccc3Oc3ccccc3)n2)c1. The van der Waals surface area contributed by atoms with Crippen LogP contribution in [-0.4, -0.2) is 33.2 Å². The van der Waals surface area contributed by atoms with Crippen LogP contribution in [0.3, 0.4) is 0 Å². The number of tetrazole rings is 1. The Kier molecular flexibility index (Phi) is 5.66. The van der Waals surface area contributed by atoms with E-state index in [1.807, 2.05) is 60.7 Å². The second-order valence-corrected chi connectivity index (χ2v) is 6.33. The number of amides is 1. The van der Waals surface area contributed by atoms with Crippen LogP contribution in [0.15, 0.2) is 78.9 Å². The molecule has 3 aromatic carbocycles. The van der Waals surface area contributed by atoms with Crippen molar-refractivity contribution in [2.24, 2.45) is 0 Å². The third-order valence-corrected chi connectivity index (χ3v) is 4.20. The molecule has 0 atom stereocenters. The number of rotatable bonds is 7. The van der Waals surface area contributed by atoms with Crippen LogP contribution in [-0.2, 0) is 11.3 Å². The number of nitrogens with zero attached hydrogens (tertiary/aromatic N) is 4. The van der Waals surface area contributed by atoms with E-state index in [0.29, 0.717) is 28.8 Å². The summed E-state index contributed by atoms with van der Waals surface area (Å²) in [5.74, 6) is 2.03. The van der Waals surface area contributed by atoms with Crippen molar-refractivity contribution in [3.63, 3.8) is 0 Å². The van der Waals surface area contributed by atoms with Gasteiger partial charge in [-0.25, -0.2) is 0 Å². The van der Waals surface area contributed by atoms with Gasteiger partial charge in [0.05, 0.1) is 12.8 Å². The van der Waals surface area contributed by atoms with Gasteiger partial charge in [-0.1, -0.05) is 42.5 Å². The highest BCUT2D eigenvalue weighted by Gasteiger charge is 2.12. The molecule has 4 rings (SSSR count). The van der Waals surface area contributed by atoms with Crippen LogP contribution in [0.2, 0.25) is 0 Å². The smallest absolute Gasteiger partial charge is 0.248 e. The number of carbonyl (C=O) groups excluding carboxylic acids is 1. The van der Waals surface area contributed by atoms with Gasteiger partial charge in [-0.3, -0.25) is 4.79 Å². The number of aromatic nitrogens is 4. The topological polar surface area (TPSA) is 91.2 Å². The zero-order valence-electron chi connectivity index (χ0n) is 16.2. The average molecular weight is 401 g/mol. The van der Waals surface area contributed by atoms with Gasteiger partial charge in [-0.2, -0.15) is 4.80 Å². The minimum absolute atomic E-state index is 0.0867. The Bertz CT molecular complexity index is 1140. The van der Waals surface area contributed by atoms with Gasteiger partial charge in [0.15, 0.2) is 5.75 Å². The van der Waals surface area contributed by atoms with E-state index < -0.39 is 0 Å². The largest absolute Gasteiger partial charge is 0.497 e. The summed E-state index contributed by atoms with van der Waals surface area (Å²) in [6.45, 7) is -0.0867. The maximum Gasteiger partial charge on any atom is 0.248 e. The van der Waals surface area contributed by atoms with Crippen molar-refractivity contribution in [1.29, 1.82) is 0 Å². The van der Waals surface area contributed by atoms with Crippen LogP contribution in [0.5, 0.6) is 17.2 Å². The van der Waals surface area contributed by atoms with Crippen molar-refractivity contribution in [2.75, 3.05) is 12.4 Å². The van der Waals surface area contributed by atoms with E-state index in [2.05, 4.69) is 20.7 Å². The van der Waals surface area contributed by atoms with Crippen molar-refractivity contribution in [3.8, 4) is 28.6 Å². The molecule has 1 amide bonds. The van der Waals surface area contributed by atoms with Gasteiger partial charge < -0.3 is 14.8 Å². The van der Waals surface area contributed by atoms with Gasteiger partial charge in [0.25, 0.3) is 0 Å². The molecule has 0 aliphatic carbocycles. The van der Waals surface area contributed by atoms with Crippen molar-refractivity contribution < 1.29 is 14.3 Å². The average Bonchev–Trinajstić information content (AvgIpc) is 3.24. The molecule has 0 aliphatic rings. The van der Waals surface area contributed by atoms with Crippen LogP contribution in [0.1, 0.15) is 0 Å². The Balaban J connectivity index is 1.44. The Morgan fingerprint density at radius 1 is 0.967 bits per heavy atom. The Morgan fingerprint density at radius 3 is 2.57 bits per heavy atom. The molecule has 150 valence electrons. The summed E-state index contributed by atoms with van der Waals surface area (Å²) < 4.78 is 11.1. The van der Waals surface area contributed by atoms with E-state index in [1.165, 1.54) is 4.80 Å². The minimum atomic E-state index is -0.297. The summed E-state index contributed by atoms with van der Waals surface area (Å²) in [4.78, 5) is 13.8. The van der Waals surface area contributed by atoms with Gasteiger partial charge in [-0.05, 0) is 41.6 Å². The number of hydrogen-bond acceptors (Lipinski definition) is 6. The van der Waals surface area contributed by atoms with Gasteiger partial charge in [-0.15, -0.1) is 10.2 Å². The first-order valence-corrected chi connectivity index (χ1v) is 9.25. The highest BCUT2D eigenvalue weighted by Crippen LogP contribution is 2.29. The van der Waals surface area contributed by atoms with Crippen molar-refractivity contribution in [3.05, 3.63) is 78.9 Å².